The van der Waals surface area contributed by atoms with E-state index in [4.69, 9.17) is 0 Å². The summed E-state index contributed by atoms with van der Waals surface area (Å²) in [6.45, 7) is 0. The van der Waals surface area contributed by atoms with E-state index in [1.807, 2.05) is 0 Å². The SMILES string of the molecule is c1ccc(-c2ccc(N(c3ccccc3-c3ccccc3)c3ccccc3-c3cc(-n4c5ccccc5c5ccccc54)cc4ccccc34)cc2)cc1. The van der Waals surface area contributed by atoms with Gasteiger partial charge in [0.05, 0.1) is 22.4 Å². The lowest BCUT2D eigenvalue weighted by atomic mass is 9.94. The van der Waals surface area contributed by atoms with E-state index in [1.54, 1.807) is 0 Å². The van der Waals surface area contributed by atoms with Crippen molar-refractivity contribution < 1.29 is 0 Å². The summed E-state index contributed by atoms with van der Waals surface area (Å²) >= 11 is 0. The van der Waals surface area contributed by atoms with E-state index in [2.05, 4.69) is 228 Å². The molecule has 0 amide bonds. The quantitative estimate of drug-likeness (QED) is 0.162. The highest BCUT2D eigenvalue weighted by Crippen LogP contribution is 2.47. The number of hydrogen-bond donors (Lipinski definition) is 0. The van der Waals surface area contributed by atoms with Crippen LogP contribution in [0.1, 0.15) is 0 Å². The number of hydrogen-bond acceptors (Lipinski definition) is 1. The number of benzene rings is 9. The molecule has 0 bridgehead atoms. The smallest absolute Gasteiger partial charge is 0.0541 e. The van der Waals surface area contributed by atoms with Crippen LogP contribution in [-0.4, -0.2) is 4.57 Å². The Kier molecular flexibility index (Phi) is 7.85. The van der Waals surface area contributed by atoms with Gasteiger partial charge in [0, 0.05) is 33.3 Å². The standard InChI is InChI=1S/C52H36N2/c1-3-17-37(18-4-1)38-31-33-41(34-32-38)53(49-27-13-9-23-44(49)39-19-5-2-6-20-39)52-30-16-12-26-47(52)48-36-42(35-40-21-7-8-22-43(40)48)54-50-28-14-10-24-45(50)46-25-11-15-29-51(46)54/h1-36H. The zero-order chi connectivity index (χ0) is 35.8. The van der Waals surface area contributed by atoms with Crippen molar-refractivity contribution in [1.29, 1.82) is 0 Å². The summed E-state index contributed by atoms with van der Waals surface area (Å²) in [4.78, 5) is 2.44. The fourth-order valence-corrected chi connectivity index (χ4v) is 8.12. The molecule has 54 heavy (non-hydrogen) atoms. The van der Waals surface area contributed by atoms with Gasteiger partial charge in [-0.1, -0.05) is 170 Å². The third-order valence-corrected chi connectivity index (χ3v) is 10.6. The first-order chi connectivity index (χ1) is 26.8. The first-order valence-corrected chi connectivity index (χ1v) is 18.5. The van der Waals surface area contributed by atoms with E-state index in [1.165, 1.54) is 60.4 Å². The van der Waals surface area contributed by atoms with E-state index in [0.29, 0.717) is 0 Å². The Morgan fingerprint density at radius 3 is 1.46 bits per heavy atom. The average Bonchev–Trinajstić information content (AvgIpc) is 3.59. The molecule has 9 aromatic carbocycles. The molecule has 0 fully saturated rings. The largest absolute Gasteiger partial charge is 0.309 e. The molecule has 10 aromatic rings. The second kappa shape index (κ2) is 13.4. The molecule has 0 aliphatic carbocycles. The third-order valence-electron chi connectivity index (χ3n) is 10.6. The van der Waals surface area contributed by atoms with Gasteiger partial charge in [0.1, 0.15) is 0 Å². The molecule has 1 heterocycles. The van der Waals surface area contributed by atoms with E-state index in [9.17, 15) is 0 Å². The van der Waals surface area contributed by atoms with Crippen LogP contribution in [0.25, 0.3) is 71.6 Å². The third kappa shape index (κ3) is 5.44. The van der Waals surface area contributed by atoms with Crippen molar-refractivity contribution in [2.24, 2.45) is 0 Å². The lowest BCUT2D eigenvalue weighted by Crippen LogP contribution is -2.12. The Labute approximate surface area is 315 Å². The van der Waals surface area contributed by atoms with Crippen LogP contribution >= 0.6 is 0 Å². The molecular formula is C52H36N2. The molecule has 0 spiro atoms. The number of nitrogens with zero attached hydrogens (tertiary/aromatic N) is 2. The van der Waals surface area contributed by atoms with Gasteiger partial charge in [-0.3, -0.25) is 0 Å². The van der Waals surface area contributed by atoms with E-state index in [0.717, 1.165) is 28.3 Å². The maximum atomic E-state index is 2.44. The molecule has 0 saturated carbocycles. The Bertz CT molecular complexity index is 2870. The van der Waals surface area contributed by atoms with Gasteiger partial charge in [0.2, 0.25) is 0 Å². The van der Waals surface area contributed by atoms with Crippen LogP contribution < -0.4 is 4.90 Å². The normalized spacial score (nSPS) is 11.3. The molecule has 10 rings (SSSR count). The molecule has 0 aliphatic rings. The van der Waals surface area contributed by atoms with Gasteiger partial charge >= 0.3 is 0 Å². The molecule has 2 nitrogen and oxygen atoms in total. The zero-order valence-electron chi connectivity index (χ0n) is 29.7. The van der Waals surface area contributed by atoms with Gasteiger partial charge in [-0.05, 0) is 81.6 Å². The Morgan fingerprint density at radius 2 is 0.796 bits per heavy atom. The predicted molar refractivity (Wildman–Crippen MR) is 229 cm³/mol. The van der Waals surface area contributed by atoms with Crippen LogP contribution in [0.4, 0.5) is 17.1 Å². The van der Waals surface area contributed by atoms with Crippen molar-refractivity contribution in [2.75, 3.05) is 4.90 Å². The fraction of sp³-hybridized carbons (Fsp3) is 0. The van der Waals surface area contributed by atoms with Gasteiger partial charge < -0.3 is 9.47 Å². The Balaban J connectivity index is 1.23. The van der Waals surface area contributed by atoms with Crippen molar-refractivity contribution in [3.63, 3.8) is 0 Å². The molecule has 0 N–H and O–H groups in total. The molecular weight excluding hydrogens is 653 g/mol. The number of anilines is 3. The van der Waals surface area contributed by atoms with Gasteiger partial charge in [-0.15, -0.1) is 0 Å². The zero-order valence-corrected chi connectivity index (χ0v) is 29.7. The summed E-state index contributed by atoms with van der Waals surface area (Å²) in [5.41, 5.74) is 13.9. The second-order valence-corrected chi connectivity index (χ2v) is 13.7. The summed E-state index contributed by atoms with van der Waals surface area (Å²) in [6, 6.07) is 78.9. The van der Waals surface area contributed by atoms with Crippen molar-refractivity contribution in [1.82, 2.24) is 4.57 Å². The Hall–Kier alpha value is -7.16. The van der Waals surface area contributed by atoms with Crippen molar-refractivity contribution >= 4 is 49.6 Å². The molecule has 1 aromatic heterocycles. The van der Waals surface area contributed by atoms with Crippen LogP contribution in [-0.2, 0) is 0 Å². The van der Waals surface area contributed by atoms with Crippen LogP contribution in [0, 0.1) is 0 Å². The van der Waals surface area contributed by atoms with Gasteiger partial charge in [0.15, 0.2) is 0 Å². The lowest BCUT2D eigenvalue weighted by Gasteiger charge is -2.30. The minimum Gasteiger partial charge on any atom is -0.309 e. The highest BCUT2D eigenvalue weighted by molar-refractivity contribution is 6.10. The van der Waals surface area contributed by atoms with Gasteiger partial charge in [-0.2, -0.15) is 0 Å². The average molecular weight is 689 g/mol. The second-order valence-electron chi connectivity index (χ2n) is 13.7. The molecule has 0 atom stereocenters. The molecule has 0 radical (unpaired) electrons. The summed E-state index contributed by atoms with van der Waals surface area (Å²) in [7, 11) is 0. The monoisotopic (exact) mass is 688 g/mol. The number of fused-ring (bicyclic) bond motifs is 4. The fourth-order valence-electron chi connectivity index (χ4n) is 8.12. The number of para-hydroxylation sites is 4. The minimum atomic E-state index is 1.09. The first kappa shape index (κ1) is 31.6. The molecule has 0 unspecified atom stereocenters. The number of aromatic nitrogens is 1. The summed E-state index contributed by atoms with van der Waals surface area (Å²) in [6.07, 6.45) is 0. The maximum absolute atomic E-state index is 2.44. The van der Waals surface area contributed by atoms with E-state index < -0.39 is 0 Å². The summed E-state index contributed by atoms with van der Waals surface area (Å²) in [5.74, 6) is 0. The lowest BCUT2D eigenvalue weighted by molar-refractivity contribution is 1.19. The van der Waals surface area contributed by atoms with Crippen LogP contribution in [0.5, 0.6) is 0 Å². The van der Waals surface area contributed by atoms with Gasteiger partial charge in [0.25, 0.3) is 0 Å². The molecule has 0 aliphatic heterocycles. The van der Waals surface area contributed by atoms with Crippen molar-refractivity contribution in [3.05, 3.63) is 218 Å². The number of rotatable bonds is 7. The van der Waals surface area contributed by atoms with Crippen LogP contribution in [0.3, 0.4) is 0 Å². The van der Waals surface area contributed by atoms with Crippen LogP contribution in [0.15, 0.2) is 218 Å². The summed E-state index contributed by atoms with van der Waals surface area (Å²) in [5, 5.41) is 4.92. The summed E-state index contributed by atoms with van der Waals surface area (Å²) < 4.78 is 2.42. The van der Waals surface area contributed by atoms with Crippen molar-refractivity contribution in [2.45, 2.75) is 0 Å². The van der Waals surface area contributed by atoms with E-state index in [-0.39, 0.29) is 0 Å². The molecule has 254 valence electrons. The highest BCUT2D eigenvalue weighted by Gasteiger charge is 2.22. The van der Waals surface area contributed by atoms with Crippen molar-refractivity contribution in [3.8, 4) is 39.1 Å². The predicted octanol–water partition coefficient (Wildman–Crippen LogP) is 14.4. The maximum Gasteiger partial charge on any atom is 0.0541 e. The topological polar surface area (TPSA) is 8.17 Å². The minimum absolute atomic E-state index is 1.09. The Morgan fingerprint density at radius 1 is 0.315 bits per heavy atom. The van der Waals surface area contributed by atoms with Gasteiger partial charge in [-0.25, -0.2) is 0 Å². The molecule has 0 saturated heterocycles. The molecule has 2 heteroatoms. The van der Waals surface area contributed by atoms with Crippen LogP contribution in [0.2, 0.25) is 0 Å². The first-order valence-electron chi connectivity index (χ1n) is 18.5. The highest BCUT2D eigenvalue weighted by atomic mass is 15.1. The van der Waals surface area contributed by atoms with E-state index >= 15 is 0 Å².